The lowest BCUT2D eigenvalue weighted by molar-refractivity contribution is -0.161. The second kappa shape index (κ2) is 72.0. The molecule has 0 spiro atoms. The lowest BCUT2D eigenvalue weighted by Gasteiger charge is -2.21. The van der Waals surface area contributed by atoms with Crippen molar-refractivity contribution in [3.05, 3.63) is 0 Å². The van der Waals surface area contributed by atoms with Crippen LogP contribution in [-0.2, 0) is 65.4 Å². The van der Waals surface area contributed by atoms with Crippen LogP contribution in [0.1, 0.15) is 420 Å². The smallest absolute Gasteiger partial charge is 0.462 e. The molecule has 5 atom stereocenters. The van der Waals surface area contributed by atoms with E-state index in [-0.39, 0.29) is 25.7 Å². The van der Waals surface area contributed by atoms with Gasteiger partial charge in [0.1, 0.15) is 19.3 Å². The van der Waals surface area contributed by atoms with Crippen LogP contribution in [0.15, 0.2) is 0 Å². The maximum atomic E-state index is 13.1. The molecule has 3 N–H and O–H groups in total. The second-order valence-corrected chi connectivity index (χ2v) is 31.8. The van der Waals surface area contributed by atoms with Crippen LogP contribution in [0.2, 0.25) is 0 Å². The molecule has 0 aromatic carbocycles. The number of rotatable bonds is 79. The van der Waals surface area contributed by atoms with E-state index in [1.54, 1.807) is 0 Å². The fourth-order valence-corrected chi connectivity index (χ4v) is 13.8. The maximum Gasteiger partial charge on any atom is 0.472 e. The van der Waals surface area contributed by atoms with Gasteiger partial charge in [0.05, 0.1) is 26.4 Å². The third-order valence-corrected chi connectivity index (χ3v) is 20.4. The Hall–Kier alpha value is -1.94. The highest BCUT2D eigenvalue weighted by molar-refractivity contribution is 7.47. The van der Waals surface area contributed by atoms with E-state index in [2.05, 4.69) is 34.6 Å². The van der Waals surface area contributed by atoms with Crippen molar-refractivity contribution in [2.45, 2.75) is 438 Å². The summed E-state index contributed by atoms with van der Waals surface area (Å²) in [6, 6.07) is 0. The maximum absolute atomic E-state index is 13.1. The van der Waals surface area contributed by atoms with Gasteiger partial charge in [-0.1, -0.05) is 369 Å². The minimum atomic E-state index is -4.96. The zero-order valence-corrected chi connectivity index (χ0v) is 65.7. The Kier molecular flexibility index (Phi) is 70.6. The van der Waals surface area contributed by atoms with E-state index < -0.39 is 97.5 Å². The average Bonchev–Trinajstić information content (AvgIpc) is 2.73. The highest BCUT2D eigenvalue weighted by Crippen LogP contribution is 2.45. The van der Waals surface area contributed by atoms with Gasteiger partial charge in [0.2, 0.25) is 0 Å². The normalized spacial score (nSPS) is 13.9. The largest absolute Gasteiger partial charge is 0.472 e. The number of phosphoric ester groups is 2. The van der Waals surface area contributed by atoms with Gasteiger partial charge in [-0.3, -0.25) is 37.3 Å². The molecule has 0 amide bonds. The minimum absolute atomic E-state index is 0.108. The van der Waals surface area contributed by atoms with Crippen LogP contribution in [0, 0.1) is 5.92 Å². The fourth-order valence-electron chi connectivity index (χ4n) is 12.2. The quantitative estimate of drug-likeness (QED) is 0.0222. The molecule has 0 aromatic heterocycles. The summed E-state index contributed by atoms with van der Waals surface area (Å²) in [6.07, 6.45) is 62.5. The van der Waals surface area contributed by atoms with Gasteiger partial charge in [-0.05, 0) is 31.6 Å². The number of aliphatic hydroxyl groups is 1. The lowest BCUT2D eigenvalue weighted by Crippen LogP contribution is -2.30. The fraction of sp³-hybridized carbons (Fsp3) is 0.949. The first-order chi connectivity index (χ1) is 47.5. The van der Waals surface area contributed by atoms with Crippen LogP contribution >= 0.6 is 15.6 Å². The molecule has 0 rings (SSSR count). The van der Waals surface area contributed by atoms with Crippen molar-refractivity contribution in [3.63, 3.8) is 0 Å². The molecule has 0 aliphatic heterocycles. The van der Waals surface area contributed by atoms with Crippen LogP contribution in [-0.4, -0.2) is 96.7 Å². The van der Waals surface area contributed by atoms with Gasteiger partial charge in [0.25, 0.3) is 0 Å². The third-order valence-electron chi connectivity index (χ3n) is 18.5. The number of aliphatic hydroxyl groups excluding tert-OH is 1. The first kappa shape index (κ1) is 96.1. The molecule has 0 aliphatic carbocycles. The third kappa shape index (κ3) is 72.4. The molecule has 0 fully saturated rings. The average molecular weight is 1440 g/mol. The SMILES string of the molecule is CCCCCCCCCCCCCCCCCCCCCCCCC(=O)O[C@H](COC(=O)CCCCCCCCCCCCC(C)C)COP(=O)(O)OC[C@@H](O)COP(=O)(O)OC[C@@H](COC(=O)CCCCCCCCCCCCC)OC(=O)CCCCCCCCCCCCCC. The van der Waals surface area contributed by atoms with E-state index in [9.17, 15) is 43.2 Å². The summed E-state index contributed by atoms with van der Waals surface area (Å²) >= 11 is 0. The minimum Gasteiger partial charge on any atom is -0.462 e. The molecular weight excluding hydrogens is 1280 g/mol. The number of hydrogen-bond acceptors (Lipinski definition) is 15. The van der Waals surface area contributed by atoms with Gasteiger partial charge >= 0.3 is 39.5 Å². The van der Waals surface area contributed by atoms with E-state index in [0.29, 0.717) is 25.7 Å². The topological polar surface area (TPSA) is 237 Å². The van der Waals surface area contributed by atoms with Crippen molar-refractivity contribution in [3.8, 4) is 0 Å². The molecule has 0 aliphatic rings. The predicted molar refractivity (Wildman–Crippen MR) is 400 cm³/mol. The Morgan fingerprint density at radius 1 is 0.276 bits per heavy atom. The summed E-state index contributed by atoms with van der Waals surface area (Å²) in [6.45, 7) is 7.30. The summed E-state index contributed by atoms with van der Waals surface area (Å²) in [5.41, 5.74) is 0. The predicted octanol–water partition coefficient (Wildman–Crippen LogP) is 23.6. The van der Waals surface area contributed by atoms with Crippen LogP contribution < -0.4 is 0 Å². The molecule has 582 valence electrons. The Bertz CT molecular complexity index is 1870. The van der Waals surface area contributed by atoms with Crippen LogP contribution in [0.4, 0.5) is 0 Å². The molecule has 0 saturated carbocycles. The molecular formula is C79H154O17P2. The standard InChI is InChI=1S/C79H154O17P2/c1-6-9-12-15-18-21-24-26-27-28-29-30-31-32-33-34-35-38-45-50-55-60-65-79(84)96-75(69-90-77(82)63-58-53-48-43-40-39-41-46-51-56-61-72(4)5)71-94-98(87,88)92-67-73(80)66-91-97(85,86)93-70-74(68-89-76(81)62-57-52-47-42-36-23-20-17-14-11-8-3)95-78(83)64-59-54-49-44-37-25-22-19-16-13-10-7-2/h72-75,80H,6-71H2,1-5H3,(H,85,86)(H,87,88)/t73-,74+,75+/m0/s1. The summed E-state index contributed by atoms with van der Waals surface area (Å²) in [5, 5.41) is 10.6. The number of ether oxygens (including phenoxy) is 4. The molecule has 0 bridgehead atoms. The van der Waals surface area contributed by atoms with Gasteiger partial charge < -0.3 is 33.8 Å². The van der Waals surface area contributed by atoms with Crippen molar-refractivity contribution < 1.29 is 80.2 Å². The second-order valence-electron chi connectivity index (χ2n) is 28.9. The van der Waals surface area contributed by atoms with Crippen molar-refractivity contribution in [2.24, 2.45) is 5.92 Å². The summed E-state index contributed by atoms with van der Waals surface area (Å²) in [7, 11) is -9.91. The molecule has 0 heterocycles. The van der Waals surface area contributed by atoms with E-state index in [0.717, 1.165) is 95.8 Å². The van der Waals surface area contributed by atoms with E-state index >= 15 is 0 Å². The first-order valence-electron chi connectivity index (χ1n) is 41.1. The monoisotopic (exact) mass is 1440 g/mol. The zero-order valence-electron chi connectivity index (χ0n) is 63.9. The van der Waals surface area contributed by atoms with Crippen molar-refractivity contribution >= 4 is 39.5 Å². The molecule has 0 radical (unpaired) electrons. The van der Waals surface area contributed by atoms with Gasteiger partial charge in [-0.25, -0.2) is 9.13 Å². The Balaban J connectivity index is 5.19. The molecule has 2 unspecified atom stereocenters. The van der Waals surface area contributed by atoms with Gasteiger partial charge in [0, 0.05) is 25.7 Å². The molecule has 17 nitrogen and oxygen atoms in total. The van der Waals surface area contributed by atoms with Gasteiger partial charge in [-0.2, -0.15) is 0 Å². The number of phosphoric acid groups is 2. The van der Waals surface area contributed by atoms with E-state index in [1.165, 1.54) is 244 Å². The number of esters is 4. The number of unbranched alkanes of at least 4 members (excludes halogenated alkanes) is 51. The van der Waals surface area contributed by atoms with Crippen LogP contribution in [0.5, 0.6) is 0 Å². The van der Waals surface area contributed by atoms with Crippen LogP contribution in [0.3, 0.4) is 0 Å². The number of hydrogen-bond donors (Lipinski definition) is 3. The Labute approximate surface area is 600 Å². The van der Waals surface area contributed by atoms with Gasteiger partial charge in [0.15, 0.2) is 12.2 Å². The van der Waals surface area contributed by atoms with Crippen molar-refractivity contribution in [1.29, 1.82) is 0 Å². The lowest BCUT2D eigenvalue weighted by atomic mass is 10.0. The molecule has 98 heavy (non-hydrogen) atoms. The molecule has 0 saturated heterocycles. The number of carbonyl (C=O) groups is 4. The van der Waals surface area contributed by atoms with E-state index in [1.807, 2.05) is 0 Å². The number of carbonyl (C=O) groups excluding carboxylic acids is 4. The Morgan fingerprint density at radius 3 is 0.694 bits per heavy atom. The van der Waals surface area contributed by atoms with Gasteiger partial charge in [-0.15, -0.1) is 0 Å². The Morgan fingerprint density at radius 2 is 0.469 bits per heavy atom. The zero-order chi connectivity index (χ0) is 71.9. The van der Waals surface area contributed by atoms with Crippen molar-refractivity contribution in [2.75, 3.05) is 39.6 Å². The highest BCUT2D eigenvalue weighted by atomic mass is 31.2. The van der Waals surface area contributed by atoms with E-state index in [4.69, 9.17) is 37.0 Å². The van der Waals surface area contributed by atoms with Crippen molar-refractivity contribution in [1.82, 2.24) is 0 Å². The summed E-state index contributed by atoms with van der Waals surface area (Å²) < 4.78 is 68.6. The first-order valence-corrected chi connectivity index (χ1v) is 44.1. The molecule has 0 aromatic rings. The summed E-state index contributed by atoms with van der Waals surface area (Å²) in [4.78, 5) is 72.9. The highest BCUT2D eigenvalue weighted by Gasteiger charge is 2.30. The molecule has 19 heteroatoms. The van der Waals surface area contributed by atoms with Crippen LogP contribution in [0.25, 0.3) is 0 Å². The summed E-state index contributed by atoms with van der Waals surface area (Å²) in [5.74, 6) is -1.35.